The fraction of sp³-hybridized carbons (Fsp3) is 0.350. The molecule has 3 aromatic rings. The third-order valence-corrected chi connectivity index (χ3v) is 7.24. The summed E-state index contributed by atoms with van der Waals surface area (Å²) in [6.45, 7) is 4.36. The molecule has 0 radical (unpaired) electrons. The number of esters is 1. The van der Waals surface area contributed by atoms with E-state index in [4.69, 9.17) is 9.26 Å². The van der Waals surface area contributed by atoms with E-state index in [0.717, 1.165) is 11.1 Å². The SMILES string of the molecule is CCN(CC)S(=O)(=O)c1ccc(CCC(=O)OCc2nc(-c3ccsc3)no2)cc1. The zero-order valence-electron chi connectivity index (χ0n) is 16.8. The van der Waals surface area contributed by atoms with Gasteiger partial charge < -0.3 is 9.26 Å². The Morgan fingerprint density at radius 2 is 1.90 bits per heavy atom. The van der Waals surface area contributed by atoms with Crippen LogP contribution in [0.3, 0.4) is 0 Å². The highest BCUT2D eigenvalue weighted by molar-refractivity contribution is 7.89. The number of hydrogen-bond acceptors (Lipinski definition) is 8. The van der Waals surface area contributed by atoms with Crippen molar-refractivity contribution in [2.45, 2.75) is 38.2 Å². The molecule has 0 N–H and O–H groups in total. The molecule has 8 nitrogen and oxygen atoms in total. The summed E-state index contributed by atoms with van der Waals surface area (Å²) in [7, 11) is -3.48. The first kappa shape index (κ1) is 22.1. The van der Waals surface area contributed by atoms with Gasteiger partial charge in [0.1, 0.15) is 0 Å². The molecule has 10 heteroatoms. The van der Waals surface area contributed by atoms with Crippen molar-refractivity contribution < 1.29 is 22.5 Å². The van der Waals surface area contributed by atoms with Crippen molar-refractivity contribution in [2.24, 2.45) is 0 Å². The Kier molecular flexibility index (Phi) is 7.35. The highest BCUT2D eigenvalue weighted by Crippen LogP contribution is 2.19. The lowest BCUT2D eigenvalue weighted by atomic mass is 10.1. The van der Waals surface area contributed by atoms with E-state index in [1.54, 1.807) is 38.1 Å². The average molecular weight is 450 g/mol. The summed E-state index contributed by atoms with van der Waals surface area (Å²) >= 11 is 1.53. The minimum Gasteiger partial charge on any atom is -0.456 e. The van der Waals surface area contributed by atoms with Gasteiger partial charge in [-0.3, -0.25) is 4.79 Å². The fourth-order valence-electron chi connectivity index (χ4n) is 2.82. The van der Waals surface area contributed by atoms with Gasteiger partial charge in [-0.2, -0.15) is 20.6 Å². The number of sulfonamides is 1. The molecule has 0 unspecified atom stereocenters. The van der Waals surface area contributed by atoms with Gasteiger partial charge in [-0.05, 0) is 35.6 Å². The minimum atomic E-state index is -3.48. The zero-order chi connectivity index (χ0) is 21.6. The molecule has 3 rings (SSSR count). The van der Waals surface area contributed by atoms with Gasteiger partial charge in [0.2, 0.25) is 15.8 Å². The number of ether oxygens (including phenoxy) is 1. The first-order valence-corrected chi connectivity index (χ1v) is 11.9. The number of carbonyl (C=O) groups is 1. The van der Waals surface area contributed by atoms with Crippen LogP contribution in [0.25, 0.3) is 11.4 Å². The smallest absolute Gasteiger partial charge is 0.306 e. The number of thiophene rings is 1. The molecule has 0 aliphatic carbocycles. The van der Waals surface area contributed by atoms with E-state index in [0.29, 0.717) is 25.3 Å². The summed E-state index contributed by atoms with van der Waals surface area (Å²) in [6.07, 6.45) is 0.599. The van der Waals surface area contributed by atoms with Crippen molar-refractivity contribution in [3.63, 3.8) is 0 Å². The normalized spacial score (nSPS) is 11.7. The summed E-state index contributed by atoms with van der Waals surface area (Å²) in [4.78, 5) is 16.4. The standard InChI is InChI=1S/C20H23N3O5S2/c1-3-23(4-2)30(25,26)17-8-5-15(6-9-17)7-10-19(24)27-13-18-21-20(22-28-18)16-11-12-29-14-16/h5-6,8-9,11-12,14H,3-4,7,10,13H2,1-2H3. The van der Waals surface area contributed by atoms with Gasteiger partial charge in [-0.15, -0.1) is 0 Å². The predicted molar refractivity (Wildman–Crippen MR) is 112 cm³/mol. The van der Waals surface area contributed by atoms with Crippen LogP contribution in [0.4, 0.5) is 0 Å². The van der Waals surface area contributed by atoms with Gasteiger partial charge in [0.15, 0.2) is 6.61 Å². The Hall–Kier alpha value is -2.56. The molecule has 0 saturated carbocycles. The van der Waals surface area contributed by atoms with Crippen LogP contribution in [0.2, 0.25) is 0 Å². The third-order valence-electron chi connectivity index (χ3n) is 4.49. The summed E-state index contributed by atoms with van der Waals surface area (Å²) in [5.41, 5.74) is 1.70. The number of aryl methyl sites for hydroxylation is 1. The number of benzene rings is 1. The van der Waals surface area contributed by atoms with Crippen LogP contribution in [0.1, 0.15) is 31.7 Å². The zero-order valence-corrected chi connectivity index (χ0v) is 18.4. The maximum atomic E-state index is 12.5. The van der Waals surface area contributed by atoms with Crippen LogP contribution in [-0.4, -0.2) is 41.9 Å². The molecule has 0 aliphatic rings. The Labute approximate surface area is 179 Å². The van der Waals surface area contributed by atoms with Crippen LogP contribution in [-0.2, 0) is 32.6 Å². The van der Waals surface area contributed by atoms with E-state index < -0.39 is 16.0 Å². The lowest BCUT2D eigenvalue weighted by molar-refractivity contribution is -0.145. The number of aromatic nitrogens is 2. The maximum Gasteiger partial charge on any atom is 0.306 e. The molecule has 30 heavy (non-hydrogen) atoms. The van der Waals surface area contributed by atoms with Gasteiger partial charge >= 0.3 is 5.97 Å². The van der Waals surface area contributed by atoms with E-state index in [1.165, 1.54) is 15.6 Å². The molecule has 0 spiro atoms. The quantitative estimate of drug-likeness (QED) is 0.436. The molecule has 2 aromatic heterocycles. The van der Waals surface area contributed by atoms with Crippen molar-refractivity contribution >= 4 is 27.3 Å². The first-order chi connectivity index (χ1) is 14.4. The Bertz CT molecular complexity index is 1060. The Morgan fingerprint density at radius 3 is 2.53 bits per heavy atom. The van der Waals surface area contributed by atoms with E-state index in [1.807, 2.05) is 16.8 Å². The van der Waals surface area contributed by atoms with Gasteiger partial charge in [-0.25, -0.2) is 8.42 Å². The van der Waals surface area contributed by atoms with Gasteiger partial charge in [-0.1, -0.05) is 31.1 Å². The predicted octanol–water partition coefficient (Wildman–Crippen LogP) is 3.50. The number of carbonyl (C=O) groups excluding carboxylic acids is 1. The second kappa shape index (κ2) is 9.96. The highest BCUT2D eigenvalue weighted by atomic mass is 32.2. The lowest BCUT2D eigenvalue weighted by Gasteiger charge is -2.18. The summed E-state index contributed by atoms with van der Waals surface area (Å²) in [5, 5.41) is 7.68. The van der Waals surface area contributed by atoms with Crippen molar-refractivity contribution in [3.05, 3.63) is 52.5 Å². The molecule has 2 heterocycles. The van der Waals surface area contributed by atoms with E-state index in [-0.39, 0.29) is 23.8 Å². The second-order valence-electron chi connectivity index (χ2n) is 6.42. The summed E-state index contributed by atoms with van der Waals surface area (Å²) < 4.78 is 36.7. The number of hydrogen-bond donors (Lipinski definition) is 0. The highest BCUT2D eigenvalue weighted by Gasteiger charge is 2.21. The largest absolute Gasteiger partial charge is 0.456 e. The third kappa shape index (κ3) is 5.32. The van der Waals surface area contributed by atoms with Gasteiger partial charge in [0, 0.05) is 30.5 Å². The van der Waals surface area contributed by atoms with Crippen LogP contribution in [0.15, 0.2) is 50.5 Å². The van der Waals surface area contributed by atoms with Crippen molar-refractivity contribution in [1.82, 2.24) is 14.4 Å². The lowest BCUT2D eigenvalue weighted by Crippen LogP contribution is -2.30. The molecule has 0 bridgehead atoms. The van der Waals surface area contributed by atoms with Crippen LogP contribution in [0, 0.1) is 0 Å². The summed E-state index contributed by atoms with van der Waals surface area (Å²) in [6, 6.07) is 8.45. The van der Waals surface area contributed by atoms with E-state index >= 15 is 0 Å². The molecular weight excluding hydrogens is 426 g/mol. The van der Waals surface area contributed by atoms with Crippen molar-refractivity contribution in [2.75, 3.05) is 13.1 Å². The first-order valence-electron chi connectivity index (χ1n) is 9.54. The van der Waals surface area contributed by atoms with Crippen LogP contribution < -0.4 is 0 Å². The maximum absolute atomic E-state index is 12.5. The van der Waals surface area contributed by atoms with Gasteiger partial charge in [0.05, 0.1) is 4.90 Å². The van der Waals surface area contributed by atoms with Crippen LogP contribution >= 0.6 is 11.3 Å². The van der Waals surface area contributed by atoms with Gasteiger partial charge in [0.25, 0.3) is 5.89 Å². The van der Waals surface area contributed by atoms with Crippen molar-refractivity contribution in [1.29, 1.82) is 0 Å². The number of nitrogens with zero attached hydrogens (tertiary/aromatic N) is 3. The summed E-state index contributed by atoms with van der Waals surface area (Å²) in [5.74, 6) is 0.294. The van der Waals surface area contributed by atoms with Crippen LogP contribution in [0.5, 0.6) is 0 Å². The molecule has 0 fully saturated rings. The monoisotopic (exact) mass is 449 g/mol. The molecular formula is C20H23N3O5S2. The molecule has 160 valence electrons. The van der Waals surface area contributed by atoms with E-state index in [2.05, 4.69) is 10.1 Å². The molecule has 0 amide bonds. The number of rotatable bonds is 10. The Balaban J connectivity index is 1.49. The minimum absolute atomic E-state index is 0.0863. The van der Waals surface area contributed by atoms with E-state index in [9.17, 15) is 13.2 Å². The topological polar surface area (TPSA) is 103 Å². The molecule has 0 atom stereocenters. The fourth-order valence-corrected chi connectivity index (χ4v) is 4.92. The average Bonchev–Trinajstić information content (AvgIpc) is 3.43. The molecule has 0 saturated heterocycles. The molecule has 1 aromatic carbocycles. The second-order valence-corrected chi connectivity index (χ2v) is 9.14. The Morgan fingerprint density at radius 1 is 1.17 bits per heavy atom. The van der Waals surface area contributed by atoms with Crippen molar-refractivity contribution in [3.8, 4) is 11.4 Å². The molecule has 0 aliphatic heterocycles.